The molecular formula is C8H12NS+. The van der Waals surface area contributed by atoms with Crippen molar-refractivity contribution >= 4 is 11.8 Å². The molecule has 0 unspecified atom stereocenters. The summed E-state index contributed by atoms with van der Waals surface area (Å²) in [5.74, 6) is 0. The molecule has 0 aliphatic heterocycles. The summed E-state index contributed by atoms with van der Waals surface area (Å²) in [6.07, 6.45) is 4.20. The van der Waals surface area contributed by atoms with Gasteiger partial charge in [0.2, 0.25) is 5.03 Å². The fraction of sp³-hybridized carbons (Fsp3) is 0.375. The Balaban J connectivity index is 2.96. The smallest absolute Gasteiger partial charge is 0.193 e. The Bertz CT molecular complexity index is 187. The Labute approximate surface area is 66.1 Å². The van der Waals surface area contributed by atoms with Crippen molar-refractivity contribution in [3.63, 3.8) is 0 Å². The van der Waals surface area contributed by atoms with Crippen molar-refractivity contribution in [3.05, 3.63) is 24.4 Å². The number of hydrogen-bond acceptors (Lipinski definition) is 1. The lowest BCUT2D eigenvalue weighted by Crippen LogP contribution is -2.33. The van der Waals surface area contributed by atoms with Crippen LogP contribution in [-0.4, -0.2) is 6.26 Å². The highest BCUT2D eigenvalue weighted by atomic mass is 32.2. The Morgan fingerprint density at radius 2 is 2.30 bits per heavy atom. The first-order chi connectivity index (χ1) is 4.88. The molecular weight excluding hydrogens is 142 g/mol. The molecule has 1 rings (SSSR count). The third-order valence-electron chi connectivity index (χ3n) is 1.45. The summed E-state index contributed by atoms with van der Waals surface area (Å²) in [6.45, 7) is 3.21. The average molecular weight is 154 g/mol. The summed E-state index contributed by atoms with van der Waals surface area (Å²) in [7, 11) is 0. The normalized spacial score (nSPS) is 9.80. The molecule has 0 saturated heterocycles. The van der Waals surface area contributed by atoms with Crippen LogP contribution in [0.2, 0.25) is 0 Å². The summed E-state index contributed by atoms with van der Waals surface area (Å²) in [6, 6.07) is 6.26. The molecule has 54 valence electrons. The zero-order valence-electron chi connectivity index (χ0n) is 6.37. The van der Waals surface area contributed by atoms with E-state index >= 15 is 0 Å². The van der Waals surface area contributed by atoms with E-state index in [9.17, 15) is 0 Å². The van der Waals surface area contributed by atoms with E-state index in [4.69, 9.17) is 0 Å². The van der Waals surface area contributed by atoms with Crippen LogP contribution in [-0.2, 0) is 6.54 Å². The summed E-state index contributed by atoms with van der Waals surface area (Å²) < 4.78 is 2.23. The van der Waals surface area contributed by atoms with Gasteiger partial charge >= 0.3 is 0 Å². The van der Waals surface area contributed by atoms with Crippen LogP contribution in [0.3, 0.4) is 0 Å². The summed E-state index contributed by atoms with van der Waals surface area (Å²) in [4.78, 5) is 0. The third-order valence-corrected chi connectivity index (χ3v) is 2.24. The van der Waals surface area contributed by atoms with Crippen LogP contribution in [0.25, 0.3) is 0 Å². The minimum Gasteiger partial charge on any atom is -0.193 e. The molecule has 1 heterocycles. The maximum Gasteiger partial charge on any atom is 0.239 e. The SMILES string of the molecule is CC[n+]1ccccc1SC. The van der Waals surface area contributed by atoms with Crippen molar-refractivity contribution < 1.29 is 4.57 Å². The molecule has 0 spiro atoms. The second-order valence-corrected chi connectivity index (χ2v) is 2.86. The topological polar surface area (TPSA) is 3.88 Å². The first-order valence-corrected chi connectivity index (χ1v) is 4.63. The van der Waals surface area contributed by atoms with Gasteiger partial charge in [-0.05, 0) is 19.2 Å². The lowest BCUT2D eigenvalue weighted by Gasteiger charge is -1.95. The van der Waals surface area contributed by atoms with Crippen molar-refractivity contribution in [2.45, 2.75) is 18.5 Å². The second kappa shape index (κ2) is 3.62. The van der Waals surface area contributed by atoms with Crippen LogP contribution in [0.5, 0.6) is 0 Å². The van der Waals surface area contributed by atoms with Crippen molar-refractivity contribution in [1.82, 2.24) is 0 Å². The molecule has 0 aliphatic rings. The number of nitrogens with zero attached hydrogens (tertiary/aromatic N) is 1. The van der Waals surface area contributed by atoms with E-state index in [0.29, 0.717) is 0 Å². The molecule has 2 heteroatoms. The predicted octanol–water partition coefficient (Wildman–Crippen LogP) is 1.72. The Morgan fingerprint density at radius 1 is 1.50 bits per heavy atom. The molecule has 0 fully saturated rings. The van der Waals surface area contributed by atoms with Gasteiger partial charge in [-0.25, -0.2) is 0 Å². The summed E-state index contributed by atoms with van der Waals surface area (Å²) >= 11 is 1.78. The van der Waals surface area contributed by atoms with Crippen molar-refractivity contribution in [2.75, 3.05) is 6.26 Å². The van der Waals surface area contributed by atoms with Crippen LogP contribution < -0.4 is 4.57 Å². The van der Waals surface area contributed by atoms with Gasteiger partial charge in [0.1, 0.15) is 6.54 Å². The molecule has 0 aromatic carbocycles. The zero-order chi connectivity index (χ0) is 7.40. The lowest BCUT2D eigenvalue weighted by atomic mass is 10.5. The van der Waals surface area contributed by atoms with Gasteiger partial charge in [0.05, 0.1) is 0 Å². The number of aromatic nitrogens is 1. The number of hydrogen-bond donors (Lipinski definition) is 0. The van der Waals surface area contributed by atoms with Crippen molar-refractivity contribution in [2.24, 2.45) is 0 Å². The number of thioether (sulfide) groups is 1. The molecule has 1 nitrogen and oxygen atoms in total. The van der Waals surface area contributed by atoms with E-state index in [1.807, 2.05) is 0 Å². The predicted molar refractivity (Wildman–Crippen MR) is 44.1 cm³/mol. The Kier molecular flexibility index (Phi) is 2.75. The molecule has 1 aromatic heterocycles. The third kappa shape index (κ3) is 1.51. The monoisotopic (exact) mass is 154 g/mol. The van der Waals surface area contributed by atoms with Crippen LogP contribution in [0.1, 0.15) is 6.92 Å². The molecule has 0 atom stereocenters. The van der Waals surface area contributed by atoms with Gasteiger partial charge in [-0.3, -0.25) is 0 Å². The highest BCUT2D eigenvalue weighted by Gasteiger charge is 2.02. The van der Waals surface area contributed by atoms with E-state index in [1.54, 1.807) is 11.8 Å². The van der Waals surface area contributed by atoms with Crippen LogP contribution in [0.15, 0.2) is 29.4 Å². The Morgan fingerprint density at radius 3 is 2.80 bits per heavy atom. The van der Waals surface area contributed by atoms with Gasteiger partial charge in [0.25, 0.3) is 0 Å². The highest BCUT2D eigenvalue weighted by molar-refractivity contribution is 7.98. The van der Waals surface area contributed by atoms with Crippen molar-refractivity contribution in [1.29, 1.82) is 0 Å². The molecule has 0 aliphatic carbocycles. The summed E-state index contributed by atoms with van der Waals surface area (Å²) in [5, 5.41) is 1.32. The minimum absolute atomic E-state index is 1.05. The van der Waals surface area contributed by atoms with E-state index in [1.165, 1.54) is 5.03 Å². The number of rotatable bonds is 2. The quantitative estimate of drug-likeness (QED) is 0.463. The summed E-state index contributed by atoms with van der Waals surface area (Å²) in [5.41, 5.74) is 0. The average Bonchev–Trinajstić information content (AvgIpc) is 2.04. The van der Waals surface area contributed by atoms with Crippen LogP contribution in [0.4, 0.5) is 0 Å². The minimum atomic E-state index is 1.05. The van der Waals surface area contributed by atoms with Gasteiger partial charge in [-0.1, -0.05) is 11.8 Å². The fourth-order valence-electron chi connectivity index (χ4n) is 0.907. The van der Waals surface area contributed by atoms with Crippen molar-refractivity contribution in [3.8, 4) is 0 Å². The Hall–Kier alpha value is -0.500. The number of aryl methyl sites for hydroxylation is 1. The second-order valence-electron chi connectivity index (χ2n) is 2.03. The largest absolute Gasteiger partial charge is 0.239 e. The van der Waals surface area contributed by atoms with Gasteiger partial charge in [-0.2, -0.15) is 4.57 Å². The van der Waals surface area contributed by atoms with Gasteiger partial charge in [0, 0.05) is 12.1 Å². The lowest BCUT2D eigenvalue weighted by molar-refractivity contribution is -0.729. The molecule has 0 radical (unpaired) electrons. The van der Waals surface area contributed by atoms with Gasteiger partial charge in [0.15, 0.2) is 6.20 Å². The zero-order valence-corrected chi connectivity index (χ0v) is 7.19. The molecule has 0 N–H and O–H groups in total. The molecule has 0 amide bonds. The van der Waals surface area contributed by atoms with Gasteiger partial charge in [-0.15, -0.1) is 0 Å². The van der Waals surface area contributed by atoms with Crippen LogP contribution >= 0.6 is 11.8 Å². The molecule has 10 heavy (non-hydrogen) atoms. The number of pyridine rings is 1. The van der Waals surface area contributed by atoms with E-state index in [2.05, 4.69) is 42.1 Å². The first-order valence-electron chi connectivity index (χ1n) is 3.41. The van der Waals surface area contributed by atoms with Crippen LogP contribution in [0, 0.1) is 0 Å². The molecule has 0 bridgehead atoms. The van der Waals surface area contributed by atoms with E-state index in [0.717, 1.165) is 6.54 Å². The fourth-order valence-corrected chi connectivity index (χ4v) is 1.55. The maximum absolute atomic E-state index is 2.23. The molecule has 1 aromatic rings. The van der Waals surface area contributed by atoms with E-state index in [-0.39, 0.29) is 0 Å². The maximum atomic E-state index is 2.23. The standard InChI is InChI=1S/C8H12NS/c1-3-9-7-5-4-6-8(9)10-2/h4-7H,3H2,1-2H3/q+1. The van der Waals surface area contributed by atoms with Gasteiger partial charge < -0.3 is 0 Å². The highest BCUT2D eigenvalue weighted by Crippen LogP contribution is 2.06. The first kappa shape index (κ1) is 7.61. The molecule has 0 saturated carbocycles. The van der Waals surface area contributed by atoms with E-state index < -0.39 is 0 Å².